The Morgan fingerprint density at radius 3 is 2.32 bits per heavy atom. The first-order chi connectivity index (χ1) is 9.22. The number of aryl methyl sites for hydroxylation is 1. The molecule has 0 atom stereocenters. The van der Waals surface area contributed by atoms with Crippen molar-refractivity contribution < 1.29 is 0 Å². The van der Waals surface area contributed by atoms with Crippen LogP contribution in [0, 0.1) is 6.92 Å². The minimum atomic E-state index is 0.914. The topological polar surface area (TPSA) is 32.3 Å². The number of rotatable bonds is 2. The van der Waals surface area contributed by atoms with Gasteiger partial charge in [0.25, 0.3) is 0 Å². The monoisotopic (exact) mass is 256 g/mol. The summed E-state index contributed by atoms with van der Waals surface area (Å²) in [6.07, 6.45) is 0. The molecule has 1 aliphatic heterocycles. The Bertz CT molecular complexity index is 573. The van der Waals surface area contributed by atoms with Gasteiger partial charge in [-0.3, -0.25) is 4.90 Å². The lowest BCUT2D eigenvalue weighted by Crippen LogP contribution is -2.44. The molecule has 4 nitrogen and oxygen atoms in total. The molecule has 4 heteroatoms. The highest BCUT2D eigenvalue weighted by atomic mass is 15.2. The Hall–Kier alpha value is -1.52. The van der Waals surface area contributed by atoms with E-state index in [9.17, 15) is 0 Å². The maximum atomic E-state index is 4.77. The smallest absolute Gasteiger partial charge is 0.0890 e. The minimum Gasteiger partial charge on any atom is -0.304 e. The van der Waals surface area contributed by atoms with E-state index in [1.807, 2.05) is 24.3 Å². The van der Waals surface area contributed by atoms with E-state index >= 15 is 0 Å². The van der Waals surface area contributed by atoms with Gasteiger partial charge in [-0.15, -0.1) is 0 Å². The molecule has 0 radical (unpaired) electrons. The predicted molar refractivity (Wildman–Crippen MR) is 77.0 cm³/mol. The first kappa shape index (κ1) is 12.5. The van der Waals surface area contributed by atoms with Crippen LogP contribution in [0.5, 0.6) is 0 Å². The molecular weight excluding hydrogens is 236 g/mol. The van der Waals surface area contributed by atoms with Crippen molar-refractivity contribution in [3.63, 3.8) is 0 Å². The molecule has 1 saturated heterocycles. The molecule has 0 amide bonds. The second kappa shape index (κ2) is 5.23. The molecule has 0 spiro atoms. The van der Waals surface area contributed by atoms with Gasteiger partial charge in [0.2, 0.25) is 0 Å². The van der Waals surface area contributed by atoms with Gasteiger partial charge >= 0.3 is 0 Å². The number of para-hydroxylation sites is 2. The van der Waals surface area contributed by atoms with Gasteiger partial charge in [0.15, 0.2) is 0 Å². The molecule has 19 heavy (non-hydrogen) atoms. The molecule has 1 aromatic carbocycles. The summed E-state index contributed by atoms with van der Waals surface area (Å²) in [5.74, 6) is 0. The number of benzene rings is 1. The summed E-state index contributed by atoms with van der Waals surface area (Å²) in [6.45, 7) is 7.48. The zero-order valence-corrected chi connectivity index (χ0v) is 11.6. The van der Waals surface area contributed by atoms with E-state index in [2.05, 4.69) is 28.8 Å². The summed E-state index contributed by atoms with van der Waals surface area (Å²) in [6, 6.07) is 8.09. The summed E-state index contributed by atoms with van der Waals surface area (Å²) >= 11 is 0. The fraction of sp³-hybridized carbons (Fsp3) is 0.467. The normalized spacial score (nSPS) is 18.0. The molecular formula is C15H20N4. The van der Waals surface area contributed by atoms with Crippen LogP contribution in [0.1, 0.15) is 11.4 Å². The molecule has 100 valence electrons. The lowest BCUT2D eigenvalue weighted by Gasteiger charge is -2.32. The lowest BCUT2D eigenvalue weighted by atomic mass is 10.2. The van der Waals surface area contributed by atoms with E-state index in [-0.39, 0.29) is 0 Å². The molecule has 2 heterocycles. The van der Waals surface area contributed by atoms with Crippen LogP contribution in [-0.4, -0.2) is 53.0 Å². The Balaban J connectivity index is 1.82. The van der Waals surface area contributed by atoms with Crippen molar-refractivity contribution in [2.75, 3.05) is 33.2 Å². The van der Waals surface area contributed by atoms with E-state index in [1.54, 1.807) is 0 Å². The molecule has 2 aromatic rings. The highest BCUT2D eigenvalue weighted by molar-refractivity contribution is 5.74. The fourth-order valence-electron chi connectivity index (χ4n) is 2.49. The van der Waals surface area contributed by atoms with Crippen LogP contribution in [0.4, 0.5) is 0 Å². The number of aromatic nitrogens is 2. The van der Waals surface area contributed by atoms with Crippen molar-refractivity contribution in [1.82, 2.24) is 19.8 Å². The highest BCUT2D eigenvalue weighted by Crippen LogP contribution is 2.14. The average Bonchev–Trinajstić information content (AvgIpc) is 2.42. The number of hydrogen-bond acceptors (Lipinski definition) is 4. The number of fused-ring (bicyclic) bond motifs is 1. The van der Waals surface area contributed by atoms with Crippen molar-refractivity contribution in [3.8, 4) is 0 Å². The van der Waals surface area contributed by atoms with Gasteiger partial charge in [-0.25, -0.2) is 9.97 Å². The first-order valence-electron chi connectivity index (χ1n) is 6.85. The molecule has 0 aliphatic carbocycles. The largest absolute Gasteiger partial charge is 0.304 e. The summed E-state index contributed by atoms with van der Waals surface area (Å²) in [4.78, 5) is 14.3. The van der Waals surface area contributed by atoms with Gasteiger partial charge in [-0.05, 0) is 26.1 Å². The number of likely N-dealkylation sites (N-methyl/N-ethyl adjacent to an activating group) is 1. The van der Waals surface area contributed by atoms with Crippen LogP contribution in [0.15, 0.2) is 24.3 Å². The standard InChI is InChI=1S/C15H20N4/c1-12-15(11-19-9-7-18(2)8-10-19)17-14-6-4-3-5-13(14)16-12/h3-6H,7-11H2,1-2H3. The number of nitrogens with zero attached hydrogens (tertiary/aromatic N) is 4. The van der Waals surface area contributed by atoms with E-state index in [1.165, 1.54) is 0 Å². The quantitative estimate of drug-likeness (QED) is 0.818. The van der Waals surface area contributed by atoms with Crippen molar-refractivity contribution in [2.45, 2.75) is 13.5 Å². The molecule has 0 bridgehead atoms. The van der Waals surface area contributed by atoms with Gasteiger partial charge in [0.05, 0.1) is 22.4 Å². The predicted octanol–water partition coefficient (Wildman–Crippen LogP) is 1.69. The zero-order valence-electron chi connectivity index (χ0n) is 11.6. The van der Waals surface area contributed by atoms with E-state index in [4.69, 9.17) is 4.98 Å². The molecule has 1 aliphatic rings. The number of hydrogen-bond donors (Lipinski definition) is 0. The summed E-state index contributed by atoms with van der Waals surface area (Å²) in [5, 5.41) is 0. The third kappa shape index (κ3) is 2.74. The fourth-order valence-corrected chi connectivity index (χ4v) is 2.49. The van der Waals surface area contributed by atoms with Crippen LogP contribution in [0.25, 0.3) is 11.0 Å². The Morgan fingerprint density at radius 1 is 1.00 bits per heavy atom. The Labute approximate surface area is 114 Å². The molecule has 1 aromatic heterocycles. The van der Waals surface area contributed by atoms with Gasteiger partial charge in [0.1, 0.15) is 0 Å². The van der Waals surface area contributed by atoms with Crippen LogP contribution in [0.2, 0.25) is 0 Å². The van der Waals surface area contributed by atoms with E-state index < -0.39 is 0 Å². The summed E-state index contributed by atoms with van der Waals surface area (Å²) < 4.78 is 0. The first-order valence-corrected chi connectivity index (χ1v) is 6.85. The van der Waals surface area contributed by atoms with Crippen molar-refractivity contribution in [2.24, 2.45) is 0 Å². The molecule has 1 fully saturated rings. The van der Waals surface area contributed by atoms with Gasteiger partial charge in [-0.1, -0.05) is 12.1 Å². The Morgan fingerprint density at radius 2 is 1.63 bits per heavy atom. The maximum Gasteiger partial charge on any atom is 0.0890 e. The van der Waals surface area contributed by atoms with Crippen LogP contribution < -0.4 is 0 Å². The average molecular weight is 256 g/mol. The lowest BCUT2D eigenvalue weighted by molar-refractivity contribution is 0.146. The van der Waals surface area contributed by atoms with Crippen molar-refractivity contribution >= 4 is 11.0 Å². The molecule has 0 unspecified atom stereocenters. The second-order valence-electron chi connectivity index (χ2n) is 5.32. The second-order valence-corrected chi connectivity index (χ2v) is 5.32. The van der Waals surface area contributed by atoms with Crippen LogP contribution >= 0.6 is 0 Å². The molecule has 3 rings (SSSR count). The van der Waals surface area contributed by atoms with Crippen molar-refractivity contribution in [3.05, 3.63) is 35.7 Å². The minimum absolute atomic E-state index is 0.914. The van der Waals surface area contributed by atoms with Gasteiger partial charge < -0.3 is 4.90 Å². The van der Waals surface area contributed by atoms with Gasteiger partial charge in [0, 0.05) is 32.7 Å². The zero-order chi connectivity index (χ0) is 13.2. The van der Waals surface area contributed by atoms with Crippen LogP contribution in [0.3, 0.4) is 0 Å². The summed E-state index contributed by atoms with van der Waals surface area (Å²) in [5.41, 5.74) is 4.15. The molecule has 0 saturated carbocycles. The SMILES string of the molecule is Cc1nc2ccccc2nc1CN1CCN(C)CC1. The Kier molecular flexibility index (Phi) is 3.44. The van der Waals surface area contributed by atoms with E-state index in [0.29, 0.717) is 0 Å². The van der Waals surface area contributed by atoms with Crippen molar-refractivity contribution in [1.29, 1.82) is 0 Å². The maximum absolute atomic E-state index is 4.77. The van der Waals surface area contributed by atoms with Crippen LogP contribution in [-0.2, 0) is 6.54 Å². The molecule has 0 N–H and O–H groups in total. The number of piperazine rings is 1. The van der Waals surface area contributed by atoms with Gasteiger partial charge in [-0.2, -0.15) is 0 Å². The highest BCUT2D eigenvalue weighted by Gasteiger charge is 2.16. The van der Waals surface area contributed by atoms with E-state index in [0.717, 1.165) is 55.1 Å². The summed E-state index contributed by atoms with van der Waals surface area (Å²) in [7, 11) is 2.18. The third-order valence-corrected chi connectivity index (χ3v) is 3.81. The third-order valence-electron chi connectivity index (χ3n) is 3.81.